The highest BCUT2D eigenvalue weighted by molar-refractivity contribution is 7.92. The summed E-state index contributed by atoms with van der Waals surface area (Å²) in [5.41, 5.74) is 2.55. The Hall–Kier alpha value is -3.52. The molecule has 0 fully saturated rings. The minimum atomic E-state index is -3.81. The summed E-state index contributed by atoms with van der Waals surface area (Å²) in [6.45, 7) is 2.08. The SMILES string of the molecule is C[C@@H]1Cc2cc(S(=O)(=O)Nc3ccc4c(c3)OCO4)ccc2N1C(=O)c1ccccc1. The van der Waals surface area contributed by atoms with Crippen LogP contribution in [0.4, 0.5) is 11.4 Å². The third-order valence-electron chi connectivity index (χ3n) is 5.44. The number of amides is 1. The van der Waals surface area contributed by atoms with Crippen LogP contribution in [0.25, 0.3) is 0 Å². The number of carbonyl (C=O) groups excluding carboxylic acids is 1. The van der Waals surface area contributed by atoms with Crippen molar-refractivity contribution in [3.05, 3.63) is 77.9 Å². The largest absolute Gasteiger partial charge is 0.454 e. The lowest BCUT2D eigenvalue weighted by Gasteiger charge is -2.23. The first-order valence-electron chi connectivity index (χ1n) is 9.86. The molecular weight excluding hydrogens is 416 g/mol. The molecule has 1 atom stereocenters. The molecule has 1 N–H and O–H groups in total. The van der Waals surface area contributed by atoms with Crippen molar-refractivity contribution in [1.82, 2.24) is 0 Å². The number of nitrogens with zero attached hydrogens (tertiary/aromatic N) is 1. The number of sulfonamides is 1. The van der Waals surface area contributed by atoms with E-state index in [1.165, 1.54) is 6.07 Å². The number of fused-ring (bicyclic) bond motifs is 2. The van der Waals surface area contributed by atoms with Crippen LogP contribution in [0, 0.1) is 0 Å². The van der Waals surface area contributed by atoms with Crippen molar-refractivity contribution in [1.29, 1.82) is 0 Å². The zero-order valence-corrected chi connectivity index (χ0v) is 17.6. The Morgan fingerprint density at radius 1 is 1.00 bits per heavy atom. The number of hydrogen-bond donors (Lipinski definition) is 1. The van der Waals surface area contributed by atoms with Gasteiger partial charge in [0.2, 0.25) is 6.79 Å². The van der Waals surface area contributed by atoms with Crippen LogP contribution < -0.4 is 19.1 Å². The molecule has 0 bridgehead atoms. The molecule has 7 nitrogen and oxygen atoms in total. The molecular formula is C23H20N2O5S. The summed E-state index contributed by atoms with van der Waals surface area (Å²) in [6, 6.07) is 18.8. The van der Waals surface area contributed by atoms with Crippen LogP contribution in [-0.2, 0) is 16.4 Å². The molecule has 0 unspecified atom stereocenters. The van der Waals surface area contributed by atoms with Gasteiger partial charge in [-0.25, -0.2) is 8.42 Å². The molecule has 8 heteroatoms. The molecule has 0 spiro atoms. The summed E-state index contributed by atoms with van der Waals surface area (Å²) in [5.74, 6) is 0.983. The highest BCUT2D eigenvalue weighted by Crippen LogP contribution is 2.37. The summed E-state index contributed by atoms with van der Waals surface area (Å²) >= 11 is 0. The molecule has 3 aromatic rings. The van der Waals surface area contributed by atoms with E-state index in [4.69, 9.17) is 9.47 Å². The number of benzene rings is 3. The lowest BCUT2D eigenvalue weighted by molar-refractivity contribution is 0.0981. The van der Waals surface area contributed by atoms with Crippen molar-refractivity contribution in [3.8, 4) is 11.5 Å². The van der Waals surface area contributed by atoms with Gasteiger partial charge < -0.3 is 14.4 Å². The van der Waals surface area contributed by atoms with Gasteiger partial charge in [-0.2, -0.15) is 0 Å². The van der Waals surface area contributed by atoms with Gasteiger partial charge in [-0.3, -0.25) is 9.52 Å². The first-order chi connectivity index (χ1) is 14.9. The third kappa shape index (κ3) is 3.48. The first kappa shape index (κ1) is 19.4. The van der Waals surface area contributed by atoms with Crippen molar-refractivity contribution < 1.29 is 22.7 Å². The van der Waals surface area contributed by atoms with Gasteiger partial charge in [0.25, 0.3) is 15.9 Å². The molecule has 31 heavy (non-hydrogen) atoms. The third-order valence-corrected chi connectivity index (χ3v) is 6.82. The van der Waals surface area contributed by atoms with E-state index in [0.29, 0.717) is 29.2 Å². The number of carbonyl (C=O) groups is 1. The maximum atomic E-state index is 13.0. The van der Waals surface area contributed by atoms with Gasteiger partial charge in [0, 0.05) is 23.4 Å². The maximum Gasteiger partial charge on any atom is 0.261 e. The summed E-state index contributed by atoms with van der Waals surface area (Å²) in [4.78, 5) is 14.9. The quantitative estimate of drug-likeness (QED) is 0.672. The Balaban J connectivity index is 1.42. The number of anilines is 2. The molecule has 2 heterocycles. The highest BCUT2D eigenvalue weighted by atomic mass is 32.2. The highest BCUT2D eigenvalue weighted by Gasteiger charge is 2.32. The molecule has 0 aromatic heterocycles. The monoisotopic (exact) mass is 436 g/mol. The van der Waals surface area contributed by atoms with Crippen LogP contribution in [0.2, 0.25) is 0 Å². The van der Waals surface area contributed by atoms with Gasteiger partial charge in [-0.15, -0.1) is 0 Å². The Morgan fingerprint density at radius 3 is 2.58 bits per heavy atom. The van der Waals surface area contributed by atoms with Crippen molar-refractivity contribution in [2.45, 2.75) is 24.3 Å². The summed E-state index contributed by atoms with van der Waals surface area (Å²) in [5, 5.41) is 0. The molecule has 2 aliphatic rings. The van der Waals surface area contributed by atoms with E-state index in [1.807, 2.05) is 25.1 Å². The van der Waals surface area contributed by atoms with E-state index in [9.17, 15) is 13.2 Å². The predicted octanol–water partition coefficient (Wildman–Crippen LogP) is 3.81. The molecule has 3 aromatic carbocycles. The molecule has 1 amide bonds. The van der Waals surface area contributed by atoms with Crippen LogP contribution in [0.5, 0.6) is 11.5 Å². The van der Waals surface area contributed by atoms with Crippen LogP contribution in [0.1, 0.15) is 22.8 Å². The first-order valence-corrected chi connectivity index (χ1v) is 11.3. The predicted molar refractivity (Wildman–Crippen MR) is 116 cm³/mol. The minimum absolute atomic E-state index is 0.0671. The average Bonchev–Trinajstić information content (AvgIpc) is 3.36. The number of hydrogen-bond acceptors (Lipinski definition) is 5. The molecule has 2 aliphatic heterocycles. The number of rotatable bonds is 4. The number of nitrogens with one attached hydrogen (secondary N) is 1. The second-order valence-corrected chi connectivity index (χ2v) is 9.24. The Bertz CT molecular complexity index is 1270. The van der Waals surface area contributed by atoms with Gasteiger partial charge in [-0.05, 0) is 61.4 Å². The van der Waals surface area contributed by atoms with E-state index < -0.39 is 10.0 Å². The summed E-state index contributed by atoms with van der Waals surface area (Å²) in [7, 11) is -3.81. The van der Waals surface area contributed by atoms with Gasteiger partial charge in [0.1, 0.15) is 0 Å². The molecule has 0 aliphatic carbocycles. The van der Waals surface area contributed by atoms with Gasteiger partial charge >= 0.3 is 0 Å². The molecule has 5 rings (SSSR count). The average molecular weight is 436 g/mol. The minimum Gasteiger partial charge on any atom is -0.454 e. The van der Waals surface area contributed by atoms with Crippen molar-refractivity contribution in [2.24, 2.45) is 0 Å². The second-order valence-electron chi connectivity index (χ2n) is 7.56. The van der Waals surface area contributed by atoms with E-state index >= 15 is 0 Å². The summed E-state index contributed by atoms with van der Waals surface area (Å²) < 4.78 is 39.1. The Morgan fingerprint density at radius 2 is 1.77 bits per heavy atom. The van der Waals surface area contributed by atoms with Crippen molar-refractivity contribution >= 4 is 27.3 Å². The van der Waals surface area contributed by atoms with E-state index in [-0.39, 0.29) is 23.6 Å². The van der Waals surface area contributed by atoms with Crippen LogP contribution in [0.15, 0.2) is 71.6 Å². The van der Waals surface area contributed by atoms with Crippen molar-refractivity contribution in [3.63, 3.8) is 0 Å². The molecule has 0 radical (unpaired) electrons. The summed E-state index contributed by atoms with van der Waals surface area (Å²) in [6.07, 6.45) is 0.585. The van der Waals surface area contributed by atoms with Crippen LogP contribution >= 0.6 is 0 Å². The second kappa shape index (κ2) is 7.31. The van der Waals surface area contributed by atoms with E-state index in [0.717, 1.165) is 11.3 Å². The zero-order chi connectivity index (χ0) is 21.6. The Kier molecular flexibility index (Phi) is 4.59. The van der Waals surface area contributed by atoms with Gasteiger partial charge in [-0.1, -0.05) is 18.2 Å². The Labute approximate surface area is 180 Å². The normalized spacial score (nSPS) is 16.8. The fourth-order valence-corrected chi connectivity index (χ4v) is 5.08. The zero-order valence-electron chi connectivity index (χ0n) is 16.7. The maximum absolute atomic E-state index is 13.0. The fourth-order valence-electron chi connectivity index (χ4n) is 3.98. The topological polar surface area (TPSA) is 84.9 Å². The van der Waals surface area contributed by atoms with Crippen LogP contribution in [-0.4, -0.2) is 27.2 Å². The fraction of sp³-hybridized carbons (Fsp3) is 0.174. The lowest BCUT2D eigenvalue weighted by atomic mass is 10.1. The smallest absolute Gasteiger partial charge is 0.261 e. The van der Waals surface area contributed by atoms with Crippen molar-refractivity contribution in [2.75, 3.05) is 16.4 Å². The van der Waals surface area contributed by atoms with E-state index in [1.54, 1.807) is 47.4 Å². The standard InChI is InChI=1S/C23H20N2O5S/c1-15-11-17-12-19(8-9-20(17)25(15)23(26)16-5-3-2-4-6-16)31(27,28)24-18-7-10-21-22(13-18)30-14-29-21/h2-10,12-13,15,24H,11,14H2,1H3/t15-/m1/s1. The van der Waals surface area contributed by atoms with E-state index in [2.05, 4.69) is 4.72 Å². The number of ether oxygens (including phenoxy) is 2. The molecule has 158 valence electrons. The lowest BCUT2D eigenvalue weighted by Crippen LogP contribution is -2.35. The van der Waals surface area contributed by atoms with Gasteiger partial charge in [0.15, 0.2) is 11.5 Å². The van der Waals surface area contributed by atoms with Crippen LogP contribution in [0.3, 0.4) is 0 Å². The molecule has 0 saturated carbocycles. The van der Waals surface area contributed by atoms with Gasteiger partial charge in [0.05, 0.1) is 10.6 Å². The molecule has 0 saturated heterocycles.